The second-order valence-electron chi connectivity index (χ2n) is 5.83. The van der Waals surface area contributed by atoms with Crippen LogP contribution in [0.5, 0.6) is 5.75 Å². The van der Waals surface area contributed by atoms with E-state index in [-0.39, 0.29) is 6.61 Å². The fourth-order valence-electron chi connectivity index (χ4n) is 2.16. The highest BCUT2D eigenvalue weighted by molar-refractivity contribution is 5.32. The van der Waals surface area contributed by atoms with Crippen LogP contribution in [-0.2, 0) is 6.61 Å². The van der Waals surface area contributed by atoms with Crippen LogP contribution in [0.25, 0.3) is 0 Å². The number of aliphatic hydroxyl groups excluding tert-OH is 1. The molecule has 0 bridgehead atoms. The molecule has 1 N–H and O–H groups in total. The number of aliphatic hydroxyl groups is 1. The molecule has 1 aromatic carbocycles. The molecule has 0 fully saturated rings. The SMILES string of the molecule is CC(C)CCCC(C)CCOc1ccccc1CO. The number of hydrogen-bond acceptors (Lipinski definition) is 2. The Hall–Kier alpha value is -1.02. The zero-order valence-corrected chi connectivity index (χ0v) is 12.6. The second-order valence-corrected chi connectivity index (χ2v) is 5.83. The van der Waals surface area contributed by atoms with E-state index in [0.29, 0.717) is 5.92 Å². The van der Waals surface area contributed by atoms with Crippen molar-refractivity contribution in [3.8, 4) is 5.75 Å². The zero-order chi connectivity index (χ0) is 14.1. The van der Waals surface area contributed by atoms with Gasteiger partial charge in [-0.3, -0.25) is 0 Å². The van der Waals surface area contributed by atoms with Crippen molar-refractivity contribution in [1.82, 2.24) is 0 Å². The van der Waals surface area contributed by atoms with Crippen LogP contribution >= 0.6 is 0 Å². The molecule has 1 atom stereocenters. The first-order valence-corrected chi connectivity index (χ1v) is 7.45. The van der Waals surface area contributed by atoms with Crippen molar-refractivity contribution in [1.29, 1.82) is 0 Å². The van der Waals surface area contributed by atoms with Crippen LogP contribution in [0.15, 0.2) is 24.3 Å². The van der Waals surface area contributed by atoms with E-state index in [4.69, 9.17) is 4.74 Å². The van der Waals surface area contributed by atoms with Crippen LogP contribution in [0.3, 0.4) is 0 Å². The molecule has 2 nitrogen and oxygen atoms in total. The van der Waals surface area contributed by atoms with Gasteiger partial charge in [0.25, 0.3) is 0 Å². The van der Waals surface area contributed by atoms with Gasteiger partial charge in [-0.15, -0.1) is 0 Å². The lowest BCUT2D eigenvalue weighted by Crippen LogP contribution is -2.06. The molecule has 0 aromatic heterocycles. The average Bonchev–Trinajstić information content (AvgIpc) is 2.39. The summed E-state index contributed by atoms with van der Waals surface area (Å²) in [6, 6.07) is 7.70. The summed E-state index contributed by atoms with van der Waals surface area (Å²) in [5.41, 5.74) is 0.870. The summed E-state index contributed by atoms with van der Waals surface area (Å²) in [6.07, 6.45) is 4.99. The topological polar surface area (TPSA) is 29.5 Å². The predicted octanol–water partition coefficient (Wildman–Crippen LogP) is 4.41. The Morgan fingerprint density at radius 1 is 1.05 bits per heavy atom. The van der Waals surface area contributed by atoms with Gasteiger partial charge in [0.2, 0.25) is 0 Å². The van der Waals surface area contributed by atoms with E-state index in [1.165, 1.54) is 19.3 Å². The van der Waals surface area contributed by atoms with Gasteiger partial charge in [-0.05, 0) is 24.3 Å². The van der Waals surface area contributed by atoms with Crippen molar-refractivity contribution in [2.75, 3.05) is 6.61 Å². The summed E-state index contributed by atoms with van der Waals surface area (Å²) in [5.74, 6) is 2.33. The first-order chi connectivity index (χ1) is 9.13. The Labute approximate surface area is 117 Å². The molecule has 1 rings (SSSR count). The molecule has 0 spiro atoms. The Morgan fingerprint density at radius 3 is 2.47 bits per heavy atom. The molecule has 0 aliphatic rings. The van der Waals surface area contributed by atoms with E-state index in [1.54, 1.807) is 0 Å². The highest BCUT2D eigenvalue weighted by Gasteiger charge is 2.05. The summed E-state index contributed by atoms with van der Waals surface area (Å²) in [5, 5.41) is 9.22. The van der Waals surface area contributed by atoms with E-state index < -0.39 is 0 Å². The normalized spacial score (nSPS) is 12.7. The third kappa shape index (κ3) is 6.63. The molecule has 19 heavy (non-hydrogen) atoms. The molecule has 1 aromatic rings. The fourth-order valence-corrected chi connectivity index (χ4v) is 2.16. The highest BCUT2D eigenvalue weighted by Crippen LogP contribution is 2.20. The fraction of sp³-hybridized carbons (Fsp3) is 0.647. The van der Waals surface area contributed by atoms with Crippen molar-refractivity contribution in [3.05, 3.63) is 29.8 Å². The lowest BCUT2D eigenvalue weighted by Gasteiger charge is -2.14. The minimum atomic E-state index is 0.0418. The molecule has 0 heterocycles. The van der Waals surface area contributed by atoms with E-state index in [2.05, 4.69) is 20.8 Å². The molecular weight excluding hydrogens is 236 g/mol. The molecule has 0 amide bonds. The van der Waals surface area contributed by atoms with E-state index >= 15 is 0 Å². The van der Waals surface area contributed by atoms with Crippen LogP contribution in [0.4, 0.5) is 0 Å². The summed E-state index contributed by atoms with van der Waals surface area (Å²) < 4.78 is 5.77. The molecule has 0 saturated heterocycles. The smallest absolute Gasteiger partial charge is 0.124 e. The van der Waals surface area contributed by atoms with Crippen molar-refractivity contribution in [3.63, 3.8) is 0 Å². The van der Waals surface area contributed by atoms with Gasteiger partial charge < -0.3 is 9.84 Å². The van der Waals surface area contributed by atoms with Crippen LogP contribution in [0, 0.1) is 11.8 Å². The van der Waals surface area contributed by atoms with Gasteiger partial charge in [-0.2, -0.15) is 0 Å². The Bertz CT molecular complexity index is 347. The lowest BCUT2D eigenvalue weighted by molar-refractivity contribution is 0.250. The maximum atomic E-state index is 9.22. The van der Waals surface area contributed by atoms with Crippen LogP contribution in [-0.4, -0.2) is 11.7 Å². The molecule has 0 saturated carbocycles. The zero-order valence-electron chi connectivity index (χ0n) is 12.6. The molecule has 1 unspecified atom stereocenters. The van der Waals surface area contributed by atoms with Gasteiger partial charge >= 0.3 is 0 Å². The summed E-state index contributed by atoms with van der Waals surface area (Å²) >= 11 is 0. The van der Waals surface area contributed by atoms with Gasteiger partial charge in [0.1, 0.15) is 5.75 Å². The van der Waals surface area contributed by atoms with Crippen LogP contribution in [0.1, 0.15) is 52.0 Å². The summed E-state index contributed by atoms with van der Waals surface area (Å²) in [6.45, 7) is 7.63. The largest absolute Gasteiger partial charge is 0.493 e. The average molecular weight is 264 g/mol. The molecule has 0 aliphatic carbocycles. The standard InChI is InChI=1S/C17H28O2/c1-14(2)7-6-8-15(3)11-12-19-17-10-5-4-9-16(17)13-18/h4-5,9-10,14-15,18H,6-8,11-13H2,1-3H3. The minimum Gasteiger partial charge on any atom is -0.493 e. The number of para-hydroxylation sites is 1. The second kappa shape index (κ2) is 8.98. The number of benzene rings is 1. The number of ether oxygens (including phenoxy) is 1. The van der Waals surface area contributed by atoms with Gasteiger partial charge in [0, 0.05) is 5.56 Å². The van der Waals surface area contributed by atoms with Crippen molar-refractivity contribution >= 4 is 0 Å². The van der Waals surface area contributed by atoms with E-state index in [1.807, 2.05) is 24.3 Å². The molecule has 108 valence electrons. The van der Waals surface area contributed by atoms with E-state index in [9.17, 15) is 5.11 Å². The third-order valence-electron chi connectivity index (χ3n) is 3.49. The Balaban J connectivity index is 2.22. The van der Waals surface area contributed by atoms with Crippen LogP contribution < -0.4 is 4.74 Å². The predicted molar refractivity (Wildman–Crippen MR) is 80.3 cm³/mol. The van der Waals surface area contributed by atoms with Gasteiger partial charge in [0.05, 0.1) is 13.2 Å². The van der Waals surface area contributed by atoms with Crippen molar-refractivity contribution in [2.45, 2.75) is 53.1 Å². The third-order valence-corrected chi connectivity index (χ3v) is 3.49. The first-order valence-electron chi connectivity index (χ1n) is 7.45. The summed E-state index contributed by atoms with van der Waals surface area (Å²) in [4.78, 5) is 0. The maximum absolute atomic E-state index is 9.22. The summed E-state index contributed by atoms with van der Waals surface area (Å²) in [7, 11) is 0. The quantitative estimate of drug-likeness (QED) is 0.716. The molecule has 2 heteroatoms. The maximum Gasteiger partial charge on any atom is 0.124 e. The molecule has 0 radical (unpaired) electrons. The van der Waals surface area contributed by atoms with Gasteiger partial charge in [-0.1, -0.05) is 58.2 Å². The molecular formula is C17H28O2. The molecule has 0 aliphatic heterocycles. The van der Waals surface area contributed by atoms with Crippen molar-refractivity contribution in [2.24, 2.45) is 11.8 Å². The first kappa shape index (κ1) is 16.0. The van der Waals surface area contributed by atoms with E-state index in [0.717, 1.165) is 30.3 Å². The van der Waals surface area contributed by atoms with Gasteiger partial charge in [0.15, 0.2) is 0 Å². The van der Waals surface area contributed by atoms with Crippen LogP contribution in [0.2, 0.25) is 0 Å². The van der Waals surface area contributed by atoms with Gasteiger partial charge in [-0.25, -0.2) is 0 Å². The minimum absolute atomic E-state index is 0.0418. The Kier molecular flexibility index (Phi) is 7.57. The number of rotatable bonds is 9. The highest BCUT2D eigenvalue weighted by atomic mass is 16.5. The van der Waals surface area contributed by atoms with Crippen molar-refractivity contribution < 1.29 is 9.84 Å². The monoisotopic (exact) mass is 264 g/mol. The lowest BCUT2D eigenvalue weighted by atomic mass is 9.98. The Morgan fingerprint density at radius 2 is 1.79 bits per heavy atom. The number of hydrogen-bond donors (Lipinski definition) is 1.